The number of hydrogen-bond donors (Lipinski definition) is 1. The van der Waals surface area contributed by atoms with Gasteiger partial charge in [0.1, 0.15) is 0 Å². The maximum Gasteiger partial charge on any atom is 0.151 e. The largest absolute Gasteiger partial charge is 0.358 e. The Kier molecular flexibility index (Phi) is 3.96. The molecule has 4 nitrogen and oxygen atoms in total. The van der Waals surface area contributed by atoms with E-state index < -0.39 is 0 Å². The van der Waals surface area contributed by atoms with Gasteiger partial charge in [-0.1, -0.05) is 11.6 Å². The standard InChI is InChI=1S/C11H17ClN4/c1-16(8-9-3-2-6-13-7-9)11-5-4-10(12)14-15-11/h4-5,9,13H,2-3,6-8H2,1H3/t9-/m1/s1. The third-order valence-corrected chi connectivity index (χ3v) is 3.14. The first kappa shape index (κ1) is 11.6. The van der Waals surface area contributed by atoms with Crippen LogP contribution in [0, 0.1) is 5.92 Å². The van der Waals surface area contributed by atoms with Crippen LogP contribution in [0.1, 0.15) is 12.8 Å². The Balaban J connectivity index is 1.91. The molecular weight excluding hydrogens is 224 g/mol. The molecule has 2 heterocycles. The Morgan fingerprint density at radius 3 is 3.00 bits per heavy atom. The lowest BCUT2D eigenvalue weighted by Crippen LogP contribution is -2.37. The van der Waals surface area contributed by atoms with Crippen molar-refractivity contribution in [2.45, 2.75) is 12.8 Å². The number of piperidine rings is 1. The van der Waals surface area contributed by atoms with Gasteiger partial charge in [-0.05, 0) is 44.0 Å². The van der Waals surface area contributed by atoms with Crippen molar-refractivity contribution < 1.29 is 0 Å². The number of nitrogens with one attached hydrogen (secondary N) is 1. The summed E-state index contributed by atoms with van der Waals surface area (Å²) in [6.07, 6.45) is 2.56. The van der Waals surface area contributed by atoms with E-state index in [0.717, 1.165) is 25.5 Å². The lowest BCUT2D eigenvalue weighted by molar-refractivity contribution is 0.380. The molecule has 0 bridgehead atoms. The van der Waals surface area contributed by atoms with Crippen molar-refractivity contribution in [3.63, 3.8) is 0 Å². The van der Waals surface area contributed by atoms with Crippen molar-refractivity contribution in [3.05, 3.63) is 17.3 Å². The summed E-state index contributed by atoms with van der Waals surface area (Å²) in [6, 6.07) is 3.69. The van der Waals surface area contributed by atoms with Gasteiger partial charge in [0.05, 0.1) is 0 Å². The highest BCUT2D eigenvalue weighted by molar-refractivity contribution is 6.29. The summed E-state index contributed by atoms with van der Waals surface area (Å²) in [7, 11) is 2.05. The van der Waals surface area contributed by atoms with Crippen LogP contribution in [-0.4, -0.2) is 36.9 Å². The quantitative estimate of drug-likeness (QED) is 0.871. The van der Waals surface area contributed by atoms with Crippen LogP contribution < -0.4 is 10.2 Å². The van der Waals surface area contributed by atoms with Crippen molar-refractivity contribution in [3.8, 4) is 0 Å². The molecule has 1 saturated heterocycles. The first-order chi connectivity index (χ1) is 7.75. The summed E-state index contributed by atoms with van der Waals surface area (Å²) in [6.45, 7) is 3.27. The van der Waals surface area contributed by atoms with Crippen LogP contribution in [0.15, 0.2) is 12.1 Å². The first-order valence-electron chi connectivity index (χ1n) is 5.67. The molecule has 1 atom stereocenters. The second kappa shape index (κ2) is 5.46. The number of halogens is 1. The average molecular weight is 241 g/mol. The van der Waals surface area contributed by atoms with E-state index in [1.165, 1.54) is 12.8 Å². The molecule has 0 spiro atoms. The molecule has 0 radical (unpaired) electrons. The van der Waals surface area contributed by atoms with Gasteiger partial charge in [-0.3, -0.25) is 0 Å². The van der Waals surface area contributed by atoms with Crippen LogP contribution in [0.2, 0.25) is 5.15 Å². The van der Waals surface area contributed by atoms with Gasteiger partial charge >= 0.3 is 0 Å². The van der Waals surface area contributed by atoms with E-state index in [0.29, 0.717) is 11.1 Å². The fraction of sp³-hybridized carbons (Fsp3) is 0.636. The van der Waals surface area contributed by atoms with Crippen molar-refractivity contribution in [2.75, 3.05) is 31.6 Å². The third kappa shape index (κ3) is 3.06. The molecule has 2 rings (SSSR count). The van der Waals surface area contributed by atoms with Gasteiger partial charge in [0, 0.05) is 13.6 Å². The average Bonchev–Trinajstić information content (AvgIpc) is 2.31. The molecule has 1 aromatic heterocycles. The van der Waals surface area contributed by atoms with Gasteiger partial charge in [0.15, 0.2) is 11.0 Å². The van der Waals surface area contributed by atoms with E-state index in [1.54, 1.807) is 6.07 Å². The molecule has 1 aliphatic heterocycles. The Labute approximate surface area is 101 Å². The van der Waals surface area contributed by atoms with E-state index in [4.69, 9.17) is 11.6 Å². The number of anilines is 1. The molecule has 0 saturated carbocycles. The van der Waals surface area contributed by atoms with Crippen LogP contribution in [-0.2, 0) is 0 Å². The zero-order chi connectivity index (χ0) is 11.4. The van der Waals surface area contributed by atoms with E-state index in [1.807, 2.05) is 13.1 Å². The predicted molar refractivity (Wildman–Crippen MR) is 65.9 cm³/mol. The minimum atomic E-state index is 0.441. The number of hydrogen-bond acceptors (Lipinski definition) is 4. The SMILES string of the molecule is CN(C[C@@H]1CCCNC1)c1ccc(Cl)nn1. The summed E-state index contributed by atoms with van der Waals surface area (Å²) >= 11 is 5.71. The number of rotatable bonds is 3. The van der Waals surface area contributed by atoms with Crippen LogP contribution >= 0.6 is 11.6 Å². The highest BCUT2D eigenvalue weighted by Crippen LogP contribution is 2.15. The Bertz CT molecular complexity index is 321. The Hall–Kier alpha value is -0.870. The molecule has 1 aromatic rings. The summed E-state index contributed by atoms with van der Waals surface area (Å²) in [5, 5.41) is 11.8. The van der Waals surface area contributed by atoms with Crippen molar-refractivity contribution in [1.82, 2.24) is 15.5 Å². The summed E-state index contributed by atoms with van der Waals surface area (Å²) in [5.41, 5.74) is 0. The molecule has 1 N–H and O–H groups in total. The van der Waals surface area contributed by atoms with E-state index in [-0.39, 0.29) is 0 Å². The highest BCUT2D eigenvalue weighted by Gasteiger charge is 2.15. The van der Waals surface area contributed by atoms with Crippen molar-refractivity contribution >= 4 is 17.4 Å². The van der Waals surface area contributed by atoms with E-state index in [9.17, 15) is 0 Å². The molecule has 0 aliphatic carbocycles. The fourth-order valence-electron chi connectivity index (χ4n) is 2.07. The zero-order valence-corrected chi connectivity index (χ0v) is 10.2. The minimum Gasteiger partial charge on any atom is -0.358 e. The lowest BCUT2D eigenvalue weighted by Gasteiger charge is -2.27. The third-order valence-electron chi connectivity index (χ3n) is 2.94. The van der Waals surface area contributed by atoms with Crippen LogP contribution in [0.3, 0.4) is 0 Å². The van der Waals surface area contributed by atoms with Crippen molar-refractivity contribution in [1.29, 1.82) is 0 Å². The lowest BCUT2D eigenvalue weighted by atomic mass is 9.99. The molecule has 16 heavy (non-hydrogen) atoms. The highest BCUT2D eigenvalue weighted by atomic mass is 35.5. The summed E-state index contributed by atoms with van der Waals surface area (Å²) < 4.78 is 0. The minimum absolute atomic E-state index is 0.441. The number of nitrogens with zero attached hydrogens (tertiary/aromatic N) is 3. The molecular formula is C11H17ClN4. The Morgan fingerprint density at radius 2 is 2.38 bits per heavy atom. The fourth-order valence-corrected chi connectivity index (χ4v) is 2.17. The first-order valence-corrected chi connectivity index (χ1v) is 6.04. The second-order valence-electron chi connectivity index (χ2n) is 4.31. The van der Waals surface area contributed by atoms with Gasteiger partial charge in [0.25, 0.3) is 0 Å². The van der Waals surface area contributed by atoms with Gasteiger partial charge < -0.3 is 10.2 Å². The number of aromatic nitrogens is 2. The van der Waals surface area contributed by atoms with Crippen molar-refractivity contribution in [2.24, 2.45) is 5.92 Å². The van der Waals surface area contributed by atoms with E-state index in [2.05, 4.69) is 20.4 Å². The topological polar surface area (TPSA) is 41.0 Å². The molecule has 88 valence electrons. The monoisotopic (exact) mass is 240 g/mol. The van der Waals surface area contributed by atoms with Gasteiger partial charge in [0.2, 0.25) is 0 Å². The summed E-state index contributed by atoms with van der Waals surface area (Å²) in [4.78, 5) is 2.14. The molecule has 0 amide bonds. The maximum atomic E-state index is 5.71. The van der Waals surface area contributed by atoms with Crippen LogP contribution in [0.25, 0.3) is 0 Å². The smallest absolute Gasteiger partial charge is 0.151 e. The van der Waals surface area contributed by atoms with Gasteiger partial charge in [-0.2, -0.15) is 0 Å². The molecule has 5 heteroatoms. The van der Waals surface area contributed by atoms with Gasteiger partial charge in [-0.15, -0.1) is 10.2 Å². The molecule has 0 aromatic carbocycles. The molecule has 1 fully saturated rings. The maximum absolute atomic E-state index is 5.71. The summed E-state index contributed by atoms with van der Waals surface area (Å²) in [5.74, 6) is 1.59. The normalized spacial score (nSPS) is 20.8. The Morgan fingerprint density at radius 1 is 1.50 bits per heavy atom. The van der Waals surface area contributed by atoms with Crippen LogP contribution in [0.4, 0.5) is 5.82 Å². The van der Waals surface area contributed by atoms with Gasteiger partial charge in [-0.25, -0.2) is 0 Å². The van der Waals surface area contributed by atoms with E-state index >= 15 is 0 Å². The molecule has 1 aliphatic rings. The zero-order valence-electron chi connectivity index (χ0n) is 9.49. The second-order valence-corrected chi connectivity index (χ2v) is 4.69. The molecule has 0 unspecified atom stereocenters. The van der Waals surface area contributed by atoms with Crippen LogP contribution in [0.5, 0.6) is 0 Å². The predicted octanol–water partition coefficient (Wildman–Crippen LogP) is 1.57.